The summed E-state index contributed by atoms with van der Waals surface area (Å²) in [5.74, 6) is 1.10. The van der Waals surface area contributed by atoms with Crippen LogP contribution in [0.5, 0.6) is 5.75 Å². The minimum Gasteiger partial charge on any atom is -0.487 e. The van der Waals surface area contributed by atoms with Crippen LogP contribution in [0.1, 0.15) is 42.0 Å². The Morgan fingerprint density at radius 1 is 0.967 bits per heavy atom. The average molecular weight is 428 g/mol. The van der Waals surface area contributed by atoms with Gasteiger partial charge in [0.25, 0.3) is 10.1 Å². The average Bonchev–Trinajstić information content (AvgIpc) is 3.19. The molecule has 0 aliphatic heterocycles. The highest BCUT2D eigenvalue weighted by molar-refractivity contribution is 7.85. The van der Waals surface area contributed by atoms with Crippen LogP contribution < -0.4 is 4.74 Å². The predicted molar refractivity (Wildman–Crippen MR) is 117 cm³/mol. The molecule has 2 aromatic carbocycles. The molecule has 0 spiro atoms. The maximum absolute atomic E-state index is 10.7. The van der Waals surface area contributed by atoms with Crippen LogP contribution in [0.4, 0.5) is 0 Å². The van der Waals surface area contributed by atoms with Gasteiger partial charge in [-0.1, -0.05) is 48.9 Å². The summed E-state index contributed by atoms with van der Waals surface area (Å²) in [6.45, 7) is 0.317. The molecular weight excluding hydrogens is 402 g/mol. The highest BCUT2D eigenvalue weighted by Crippen LogP contribution is 2.16. The summed E-state index contributed by atoms with van der Waals surface area (Å²) in [5, 5.41) is 0. The topological polar surface area (TPSA) is 89.6 Å². The molecule has 1 N–H and O–H groups in total. The quantitative estimate of drug-likeness (QED) is 0.341. The van der Waals surface area contributed by atoms with Gasteiger partial charge in [-0.25, -0.2) is 4.98 Å². The number of aryl methyl sites for hydroxylation is 1. The van der Waals surface area contributed by atoms with Crippen molar-refractivity contribution in [3.63, 3.8) is 0 Å². The van der Waals surface area contributed by atoms with Crippen molar-refractivity contribution in [3.05, 3.63) is 83.6 Å². The van der Waals surface area contributed by atoms with Crippen LogP contribution >= 0.6 is 0 Å². The predicted octanol–water partition coefficient (Wildman–Crippen LogP) is 5.02. The molecule has 0 aliphatic carbocycles. The van der Waals surface area contributed by atoms with E-state index in [2.05, 4.69) is 4.98 Å². The van der Waals surface area contributed by atoms with Gasteiger partial charge in [0.1, 0.15) is 24.3 Å². The fourth-order valence-corrected chi connectivity index (χ4v) is 3.47. The number of rotatable bonds is 11. The molecule has 0 saturated heterocycles. The van der Waals surface area contributed by atoms with Crippen molar-refractivity contribution < 1.29 is 22.1 Å². The molecular formula is C23H25NO5S. The van der Waals surface area contributed by atoms with E-state index in [-0.39, 0.29) is 5.75 Å². The minimum atomic E-state index is -3.85. The van der Waals surface area contributed by atoms with Crippen LogP contribution in [-0.2, 0) is 23.1 Å². The third-order valence-electron chi connectivity index (χ3n) is 4.47. The van der Waals surface area contributed by atoms with E-state index in [0.29, 0.717) is 24.6 Å². The number of nitrogens with zero attached hydrogens (tertiary/aromatic N) is 1. The zero-order valence-corrected chi connectivity index (χ0v) is 17.4. The van der Waals surface area contributed by atoms with E-state index in [1.165, 1.54) is 0 Å². The first-order valence-corrected chi connectivity index (χ1v) is 11.4. The second kappa shape index (κ2) is 10.8. The molecule has 30 heavy (non-hydrogen) atoms. The highest BCUT2D eigenvalue weighted by Gasteiger charge is 2.05. The molecule has 0 amide bonds. The van der Waals surface area contributed by atoms with Crippen LogP contribution in [0.3, 0.4) is 0 Å². The van der Waals surface area contributed by atoms with Crippen LogP contribution in [0, 0.1) is 0 Å². The standard InChI is InChI=1S/C23H25NO5S/c25-30(26,27)16-6-2-5-9-20-10-13-22(14-11-20)28-17-21-18-29-23(24-21)15-12-19-7-3-1-4-8-19/h1,3-4,7-8,10-15,18H,2,5-6,9,16-17H2,(H,25,26,27). The number of unbranched alkanes of at least 4 members (excludes halogenated alkanes) is 2. The van der Waals surface area contributed by atoms with Gasteiger partial charge in [0.2, 0.25) is 5.89 Å². The zero-order chi connectivity index (χ0) is 21.2. The van der Waals surface area contributed by atoms with E-state index in [4.69, 9.17) is 13.7 Å². The van der Waals surface area contributed by atoms with E-state index >= 15 is 0 Å². The second-order valence-corrected chi connectivity index (χ2v) is 8.52. The molecule has 3 aromatic rings. The van der Waals surface area contributed by atoms with E-state index in [1.54, 1.807) is 6.26 Å². The molecule has 3 rings (SSSR count). The Bertz CT molecular complexity index is 1040. The smallest absolute Gasteiger partial charge is 0.264 e. The lowest BCUT2D eigenvalue weighted by atomic mass is 10.1. The van der Waals surface area contributed by atoms with Crippen molar-refractivity contribution in [1.29, 1.82) is 0 Å². The first-order valence-electron chi connectivity index (χ1n) is 9.82. The van der Waals surface area contributed by atoms with E-state index in [0.717, 1.165) is 36.1 Å². The first-order chi connectivity index (χ1) is 14.5. The van der Waals surface area contributed by atoms with Gasteiger partial charge in [-0.05, 0) is 48.6 Å². The third-order valence-corrected chi connectivity index (χ3v) is 5.27. The van der Waals surface area contributed by atoms with Crippen molar-refractivity contribution >= 4 is 22.3 Å². The number of benzene rings is 2. The number of aromatic nitrogens is 1. The molecule has 0 fully saturated rings. The van der Waals surface area contributed by atoms with Crippen LogP contribution in [0.2, 0.25) is 0 Å². The first kappa shape index (κ1) is 21.8. The maximum Gasteiger partial charge on any atom is 0.264 e. The largest absolute Gasteiger partial charge is 0.487 e. The van der Waals surface area contributed by atoms with E-state index in [9.17, 15) is 8.42 Å². The normalized spacial score (nSPS) is 11.8. The van der Waals surface area contributed by atoms with Crippen molar-refractivity contribution in [3.8, 4) is 5.75 Å². The Morgan fingerprint density at radius 2 is 1.73 bits per heavy atom. The van der Waals surface area contributed by atoms with Gasteiger partial charge in [-0.15, -0.1) is 0 Å². The number of hydrogen-bond acceptors (Lipinski definition) is 5. The molecule has 0 aliphatic rings. The SMILES string of the molecule is O=S(=O)(O)CCCCCc1ccc(OCc2coc(C=Cc3ccccc3)n2)cc1. The summed E-state index contributed by atoms with van der Waals surface area (Å²) in [4.78, 5) is 4.39. The van der Waals surface area contributed by atoms with Gasteiger partial charge >= 0.3 is 0 Å². The number of oxazole rings is 1. The Labute approximate surface area is 177 Å². The fraction of sp³-hybridized carbons (Fsp3) is 0.261. The van der Waals surface area contributed by atoms with Gasteiger partial charge in [-0.2, -0.15) is 8.42 Å². The maximum atomic E-state index is 10.7. The number of ether oxygens (including phenoxy) is 1. The van der Waals surface area contributed by atoms with Gasteiger partial charge in [0.05, 0.1) is 5.75 Å². The Hall–Kier alpha value is -2.90. The van der Waals surface area contributed by atoms with Gasteiger partial charge < -0.3 is 9.15 Å². The Morgan fingerprint density at radius 3 is 2.47 bits per heavy atom. The molecule has 0 bridgehead atoms. The van der Waals surface area contributed by atoms with Crippen molar-refractivity contribution in [2.75, 3.05) is 5.75 Å². The summed E-state index contributed by atoms with van der Waals surface area (Å²) < 4.78 is 41.3. The van der Waals surface area contributed by atoms with Gasteiger partial charge in [-0.3, -0.25) is 4.55 Å². The fourth-order valence-electron chi connectivity index (χ4n) is 2.90. The summed E-state index contributed by atoms with van der Waals surface area (Å²) in [7, 11) is -3.85. The monoisotopic (exact) mass is 427 g/mol. The van der Waals surface area contributed by atoms with E-state index in [1.807, 2.05) is 66.7 Å². The molecule has 1 aromatic heterocycles. The third kappa shape index (κ3) is 7.85. The van der Waals surface area contributed by atoms with E-state index < -0.39 is 10.1 Å². The molecule has 0 unspecified atom stereocenters. The molecule has 6 nitrogen and oxygen atoms in total. The molecule has 0 saturated carbocycles. The number of hydrogen-bond donors (Lipinski definition) is 1. The van der Waals surface area contributed by atoms with Crippen molar-refractivity contribution in [2.24, 2.45) is 0 Å². The summed E-state index contributed by atoms with van der Waals surface area (Å²) >= 11 is 0. The Balaban J connectivity index is 1.41. The molecule has 0 radical (unpaired) electrons. The van der Waals surface area contributed by atoms with Crippen molar-refractivity contribution in [1.82, 2.24) is 4.98 Å². The van der Waals surface area contributed by atoms with Gasteiger partial charge in [0, 0.05) is 6.08 Å². The lowest BCUT2D eigenvalue weighted by Gasteiger charge is -2.06. The van der Waals surface area contributed by atoms with Crippen LogP contribution in [0.25, 0.3) is 12.2 Å². The summed E-state index contributed by atoms with van der Waals surface area (Å²) in [5.41, 5.74) is 2.95. The summed E-state index contributed by atoms with van der Waals surface area (Å²) in [6, 6.07) is 17.7. The lowest BCUT2D eigenvalue weighted by Crippen LogP contribution is -2.03. The lowest BCUT2D eigenvalue weighted by molar-refractivity contribution is 0.301. The molecule has 158 valence electrons. The Kier molecular flexibility index (Phi) is 7.82. The van der Waals surface area contributed by atoms with Crippen molar-refractivity contribution in [2.45, 2.75) is 32.3 Å². The molecule has 7 heteroatoms. The molecule has 0 atom stereocenters. The summed E-state index contributed by atoms with van der Waals surface area (Å²) in [6.07, 6.45) is 8.30. The van der Waals surface area contributed by atoms with Crippen LogP contribution in [-0.4, -0.2) is 23.7 Å². The minimum absolute atomic E-state index is 0.175. The zero-order valence-electron chi connectivity index (χ0n) is 16.6. The van der Waals surface area contributed by atoms with Crippen LogP contribution in [0.15, 0.2) is 65.3 Å². The molecule has 1 heterocycles. The highest BCUT2D eigenvalue weighted by atomic mass is 32.2. The van der Waals surface area contributed by atoms with Gasteiger partial charge in [0.15, 0.2) is 0 Å². The second-order valence-electron chi connectivity index (χ2n) is 6.95.